The fourth-order valence-corrected chi connectivity index (χ4v) is 0.684. The smallest absolute Gasteiger partial charge is 0.101 e. The van der Waals surface area contributed by atoms with Gasteiger partial charge in [-0.15, -0.1) is 13.2 Å². The minimum absolute atomic E-state index is 0.361. The van der Waals surface area contributed by atoms with Gasteiger partial charge in [0.15, 0.2) is 0 Å². The van der Waals surface area contributed by atoms with Crippen LogP contribution < -0.4 is 0 Å². The molecule has 0 unspecified atom stereocenters. The molecule has 0 spiro atoms. The highest BCUT2D eigenvalue weighted by atomic mass is 32.1. The molecule has 0 aromatic carbocycles. The Hall–Kier alpha value is -0.830. The van der Waals surface area contributed by atoms with E-state index in [1.807, 2.05) is 0 Å². The standard InChI is InChI=1S/C7H11NOS/c1-3-5-8(6-4-2)7(9)10/h3-4H,1-2,5-6H2,(H,9,10)/p-1. The lowest BCUT2D eigenvalue weighted by molar-refractivity contribution is 0.233. The predicted molar refractivity (Wildman–Crippen MR) is 44.7 cm³/mol. The summed E-state index contributed by atoms with van der Waals surface area (Å²) < 4.78 is 0. The average Bonchev–Trinajstić information content (AvgIpc) is 1.87. The molecule has 0 saturated carbocycles. The molecule has 0 fully saturated rings. The molecule has 0 rings (SSSR count). The second kappa shape index (κ2) is 4.99. The molecule has 10 heavy (non-hydrogen) atoms. The van der Waals surface area contributed by atoms with Crippen molar-refractivity contribution in [1.29, 1.82) is 0 Å². The lowest BCUT2D eigenvalue weighted by Gasteiger charge is -2.22. The van der Waals surface area contributed by atoms with E-state index in [0.717, 1.165) is 0 Å². The summed E-state index contributed by atoms with van der Waals surface area (Å²) in [6, 6.07) is 0. The first-order chi connectivity index (χ1) is 4.72. The van der Waals surface area contributed by atoms with Crippen molar-refractivity contribution in [3.8, 4) is 0 Å². The van der Waals surface area contributed by atoms with Crippen LogP contribution >= 0.6 is 0 Å². The van der Waals surface area contributed by atoms with Crippen molar-refractivity contribution in [3.05, 3.63) is 25.3 Å². The number of hydrogen-bond acceptors (Lipinski definition) is 2. The second-order valence-electron chi connectivity index (χ2n) is 1.75. The van der Waals surface area contributed by atoms with Gasteiger partial charge in [0.05, 0.1) is 0 Å². The van der Waals surface area contributed by atoms with Crippen LogP contribution in [0.25, 0.3) is 0 Å². The maximum absolute atomic E-state index is 10.6. The quantitative estimate of drug-likeness (QED) is 0.452. The lowest BCUT2D eigenvalue weighted by atomic mass is 10.5. The molecule has 1 amide bonds. The molecule has 0 atom stereocenters. The van der Waals surface area contributed by atoms with E-state index < -0.39 is 0 Å². The highest BCUT2D eigenvalue weighted by Crippen LogP contribution is 1.89. The van der Waals surface area contributed by atoms with Crippen molar-refractivity contribution in [2.45, 2.75) is 0 Å². The molecule has 0 aliphatic carbocycles. The van der Waals surface area contributed by atoms with E-state index >= 15 is 0 Å². The Labute approximate surface area is 66.6 Å². The fraction of sp³-hybridized carbons (Fsp3) is 0.286. The molecule has 3 heteroatoms. The molecule has 0 radical (unpaired) electrons. The molecular formula is C7H10NOS-. The Kier molecular flexibility index (Phi) is 4.58. The van der Waals surface area contributed by atoms with Gasteiger partial charge in [0.2, 0.25) is 0 Å². The van der Waals surface area contributed by atoms with Gasteiger partial charge >= 0.3 is 0 Å². The van der Waals surface area contributed by atoms with E-state index in [2.05, 4.69) is 25.8 Å². The zero-order chi connectivity index (χ0) is 7.98. The number of hydrogen-bond donors (Lipinski definition) is 0. The van der Waals surface area contributed by atoms with Crippen LogP contribution in [0.3, 0.4) is 0 Å². The van der Waals surface area contributed by atoms with Crippen molar-refractivity contribution in [2.75, 3.05) is 13.1 Å². The fourth-order valence-electron chi connectivity index (χ4n) is 0.535. The Bertz CT molecular complexity index is 135. The molecule has 0 aliphatic heterocycles. The van der Waals surface area contributed by atoms with E-state index in [4.69, 9.17) is 0 Å². The van der Waals surface area contributed by atoms with Crippen LogP contribution in [0.5, 0.6) is 0 Å². The van der Waals surface area contributed by atoms with Gasteiger partial charge in [-0.25, -0.2) is 0 Å². The van der Waals surface area contributed by atoms with Gasteiger partial charge in [-0.05, 0) is 0 Å². The molecular weight excluding hydrogens is 146 g/mol. The molecule has 56 valence electrons. The number of carbonyl (C=O) groups is 1. The van der Waals surface area contributed by atoms with E-state index in [9.17, 15) is 4.79 Å². The molecule has 0 bridgehead atoms. The van der Waals surface area contributed by atoms with Gasteiger partial charge in [-0.2, -0.15) is 0 Å². The first kappa shape index (κ1) is 9.17. The van der Waals surface area contributed by atoms with Crippen LogP contribution in [0.4, 0.5) is 4.79 Å². The first-order valence-electron chi connectivity index (χ1n) is 2.90. The summed E-state index contributed by atoms with van der Waals surface area (Å²) in [6.45, 7) is 7.97. The van der Waals surface area contributed by atoms with Crippen LogP contribution in [0.15, 0.2) is 25.3 Å². The van der Waals surface area contributed by atoms with Crippen LogP contribution in [-0.4, -0.2) is 23.2 Å². The minimum atomic E-state index is -0.361. The number of carbonyl (C=O) groups excluding carboxylic acids is 1. The largest absolute Gasteiger partial charge is 0.719 e. The Morgan fingerprint density at radius 1 is 1.40 bits per heavy atom. The average molecular weight is 156 g/mol. The lowest BCUT2D eigenvalue weighted by Crippen LogP contribution is -2.28. The van der Waals surface area contributed by atoms with Crippen LogP contribution in [0.1, 0.15) is 0 Å². The Morgan fingerprint density at radius 2 is 1.80 bits per heavy atom. The third kappa shape index (κ3) is 3.25. The second-order valence-corrected chi connectivity index (χ2v) is 2.10. The maximum Gasteiger partial charge on any atom is 0.101 e. The van der Waals surface area contributed by atoms with E-state index in [1.54, 1.807) is 12.2 Å². The van der Waals surface area contributed by atoms with E-state index in [-0.39, 0.29) is 5.24 Å². The first-order valence-corrected chi connectivity index (χ1v) is 3.31. The molecule has 0 aromatic heterocycles. The third-order valence-corrected chi connectivity index (χ3v) is 1.22. The van der Waals surface area contributed by atoms with Gasteiger partial charge < -0.3 is 22.3 Å². The Morgan fingerprint density at radius 3 is 2.00 bits per heavy atom. The van der Waals surface area contributed by atoms with Gasteiger partial charge in [0.1, 0.15) is 5.24 Å². The SMILES string of the molecule is C=CCN(CC=C)C(=O)[S-]. The van der Waals surface area contributed by atoms with Crippen molar-refractivity contribution >= 4 is 17.9 Å². The van der Waals surface area contributed by atoms with E-state index in [0.29, 0.717) is 13.1 Å². The number of amides is 1. The highest BCUT2D eigenvalue weighted by molar-refractivity contribution is 7.76. The van der Waals surface area contributed by atoms with Gasteiger partial charge in [-0.3, -0.25) is 0 Å². The zero-order valence-electron chi connectivity index (χ0n) is 5.75. The molecule has 0 heterocycles. The van der Waals surface area contributed by atoms with Gasteiger partial charge in [0.25, 0.3) is 0 Å². The molecule has 2 nitrogen and oxygen atoms in total. The van der Waals surface area contributed by atoms with E-state index in [1.165, 1.54) is 4.90 Å². The third-order valence-electron chi connectivity index (χ3n) is 0.957. The molecule has 0 aromatic rings. The summed E-state index contributed by atoms with van der Waals surface area (Å²) in [7, 11) is 0. The van der Waals surface area contributed by atoms with Crippen LogP contribution in [0, 0.1) is 0 Å². The van der Waals surface area contributed by atoms with Crippen molar-refractivity contribution in [2.24, 2.45) is 0 Å². The minimum Gasteiger partial charge on any atom is -0.719 e. The van der Waals surface area contributed by atoms with Crippen LogP contribution in [0.2, 0.25) is 0 Å². The van der Waals surface area contributed by atoms with Crippen molar-refractivity contribution < 1.29 is 4.79 Å². The molecule has 0 aliphatic rings. The summed E-state index contributed by atoms with van der Waals surface area (Å²) in [4.78, 5) is 12.0. The molecule has 0 N–H and O–H groups in total. The van der Waals surface area contributed by atoms with Crippen molar-refractivity contribution in [3.63, 3.8) is 0 Å². The number of rotatable bonds is 4. The molecule has 0 saturated heterocycles. The summed E-state index contributed by atoms with van der Waals surface area (Å²) in [6.07, 6.45) is 3.27. The normalized spacial score (nSPS) is 8.40. The van der Waals surface area contributed by atoms with Crippen LogP contribution in [-0.2, 0) is 12.6 Å². The summed E-state index contributed by atoms with van der Waals surface area (Å²) in [5, 5.41) is -0.361. The summed E-state index contributed by atoms with van der Waals surface area (Å²) in [5.74, 6) is 0. The summed E-state index contributed by atoms with van der Waals surface area (Å²) in [5.41, 5.74) is 0. The monoisotopic (exact) mass is 156 g/mol. The van der Waals surface area contributed by atoms with Crippen molar-refractivity contribution in [1.82, 2.24) is 4.90 Å². The predicted octanol–water partition coefficient (Wildman–Crippen LogP) is 1.33. The topological polar surface area (TPSA) is 20.3 Å². The number of nitrogens with zero attached hydrogens (tertiary/aromatic N) is 1. The maximum atomic E-state index is 10.6. The zero-order valence-corrected chi connectivity index (χ0v) is 6.56. The Balaban J connectivity index is 3.83. The van der Waals surface area contributed by atoms with Gasteiger partial charge in [-0.1, -0.05) is 12.2 Å². The highest BCUT2D eigenvalue weighted by Gasteiger charge is 1.95. The summed E-state index contributed by atoms with van der Waals surface area (Å²) >= 11 is 4.42. The van der Waals surface area contributed by atoms with Gasteiger partial charge in [0, 0.05) is 13.1 Å².